The van der Waals surface area contributed by atoms with Crippen LogP contribution in [0.3, 0.4) is 0 Å². The molecule has 0 unspecified atom stereocenters. The second kappa shape index (κ2) is 4.80. The summed E-state index contributed by atoms with van der Waals surface area (Å²) >= 11 is 0. The molecule has 2 aromatic carbocycles. The number of hydrogen-bond acceptors (Lipinski definition) is 2. The van der Waals surface area contributed by atoms with E-state index in [1.807, 2.05) is 12.1 Å². The summed E-state index contributed by atoms with van der Waals surface area (Å²) in [5.74, 6) is 0. The van der Waals surface area contributed by atoms with Crippen molar-refractivity contribution in [2.24, 2.45) is 0 Å². The van der Waals surface area contributed by atoms with Crippen LogP contribution in [0.2, 0.25) is 0 Å². The lowest BCUT2D eigenvalue weighted by Gasteiger charge is -1.99. The first kappa shape index (κ1) is 10.7. The van der Waals surface area contributed by atoms with Crippen LogP contribution in [-0.4, -0.2) is 10.2 Å². The highest BCUT2D eigenvalue weighted by molar-refractivity contribution is 5.85. The first-order chi connectivity index (χ1) is 8.92. The van der Waals surface area contributed by atoms with E-state index in [1.165, 1.54) is 16.3 Å². The van der Waals surface area contributed by atoms with Crippen molar-refractivity contribution in [1.82, 2.24) is 10.2 Å². The lowest BCUT2D eigenvalue weighted by atomic mass is 10.1. The van der Waals surface area contributed by atoms with E-state index in [-0.39, 0.29) is 0 Å². The number of fused-ring (bicyclic) bond motifs is 1. The molecular formula is C16H12N2. The molecule has 0 atom stereocenters. The molecule has 0 aliphatic heterocycles. The highest BCUT2D eigenvalue weighted by Crippen LogP contribution is 2.17. The van der Waals surface area contributed by atoms with Gasteiger partial charge < -0.3 is 0 Å². The molecule has 0 radical (unpaired) electrons. The van der Waals surface area contributed by atoms with E-state index in [1.54, 1.807) is 12.4 Å². The topological polar surface area (TPSA) is 25.8 Å². The van der Waals surface area contributed by atoms with Crippen molar-refractivity contribution in [2.45, 2.75) is 0 Å². The van der Waals surface area contributed by atoms with Crippen LogP contribution in [0, 0.1) is 0 Å². The average Bonchev–Trinajstić information content (AvgIpc) is 2.46. The molecule has 0 N–H and O–H groups in total. The fourth-order valence-electron chi connectivity index (χ4n) is 1.90. The van der Waals surface area contributed by atoms with Gasteiger partial charge in [-0.2, -0.15) is 10.2 Å². The number of aromatic nitrogens is 2. The largest absolute Gasteiger partial charge is 0.159 e. The maximum absolute atomic E-state index is 3.85. The standard InChI is InChI=1S/C16H12N2/c1-2-4-16-11-13(7-8-15(16)3-1)5-6-14-9-10-17-18-12-14/h1-12H/b6-5+. The monoisotopic (exact) mass is 232 g/mol. The van der Waals surface area contributed by atoms with Gasteiger partial charge in [-0.25, -0.2) is 0 Å². The third kappa shape index (κ3) is 2.28. The molecule has 18 heavy (non-hydrogen) atoms. The van der Waals surface area contributed by atoms with Gasteiger partial charge in [0.15, 0.2) is 0 Å². The molecule has 1 heterocycles. The maximum atomic E-state index is 3.85. The molecule has 0 saturated heterocycles. The Morgan fingerprint density at radius 3 is 2.39 bits per heavy atom. The molecule has 1 aromatic heterocycles. The van der Waals surface area contributed by atoms with E-state index in [0.29, 0.717) is 0 Å². The van der Waals surface area contributed by atoms with Gasteiger partial charge in [0.2, 0.25) is 0 Å². The van der Waals surface area contributed by atoms with Crippen LogP contribution in [-0.2, 0) is 0 Å². The molecule has 3 aromatic rings. The van der Waals surface area contributed by atoms with Crippen LogP contribution in [0.25, 0.3) is 22.9 Å². The minimum atomic E-state index is 1.05. The molecule has 86 valence electrons. The van der Waals surface area contributed by atoms with Crippen molar-refractivity contribution in [2.75, 3.05) is 0 Å². The van der Waals surface area contributed by atoms with Gasteiger partial charge in [-0.05, 0) is 34.0 Å². The van der Waals surface area contributed by atoms with Crippen LogP contribution >= 0.6 is 0 Å². The molecule has 0 aliphatic carbocycles. The van der Waals surface area contributed by atoms with Crippen molar-refractivity contribution in [3.05, 3.63) is 72.1 Å². The minimum absolute atomic E-state index is 1.05. The average molecular weight is 232 g/mol. The Balaban J connectivity index is 1.93. The van der Waals surface area contributed by atoms with E-state index in [4.69, 9.17) is 0 Å². The van der Waals surface area contributed by atoms with Gasteiger partial charge in [0, 0.05) is 0 Å². The van der Waals surface area contributed by atoms with Crippen LogP contribution in [0.15, 0.2) is 60.9 Å². The Bertz CT molecular complexity index is 688. The third-order valence-corrected chi connectivity index (χ3v) is 2.85. The van der Waals surface area contributed by atoms with E-state index >= 15 is 0 Å². The van der Waals surface area contributed by atoms with Gasteiger partial charge in [0.1, 0.15) is 0 Å². The number of rotatable bonds is 2. The van der Waals surface area contributed by atoms with E-state index in [9.17, 15) is 0 Å². The van der Waals surface area contributed by atoms with Gasteiger partial charge in [-0.15, -0.1) is 0 Å². The Kier molecular flexibility index (Phi) is 2.84. The molecule has 2 nitrogen and oxygen atoms in total. The van der Waals surface area contributed by atoms with Gasteiger partial charge in [0.05, 0.1) is 12.4 Å². The first-order valence-corrected chi connectivity index (χ1v) is 5.85. The molecule has 2 heteroatoms. The Hall–Kier alpha value is -2.48. The Morgan fingerprint density at radius 2 is 1.56 bits per heavy atom. The van der Waals surface area contributed by atoms with E-state index < -0.39 is 0 Å². The summed E-state index contributed by atoms with van der Waals surface area (Å²) in [5, 5.41) is 10.1. The summed E-state index contributed by atoms with van der Waals surface area (Å²) in [7, 11) is 0. The second-order valence-corrected chi connectivity index (χ2v) is 4.12. The smallest absolute Gasteiger partial charge is 0.0568 e. The van der Waals surface area contributed by atoms with Crippen molar-refractivity contribution in [3.8, 4) is 0 Å². The highest BCUT2D eigenvalue weighted by atomic mass is 15.1. The zero-order chi connectivity index (χ0) is 12.2. The summed E-state index contributed by atoms with van der Waals surface area (Å²) in [6.45, 7) is 0. The van der Waals surface area contributed by atoms with Crippen LogP contribution < -0.4 is 0 Å². The van der Waals surface area contributed by atoms with Crippen LogP contribution in [0.1, 0.15) is 11.1 Å². The summed E-state index contributed by atoms with van der Waals surface area (Å²) in [5.41, 5.74) is 2.24. The molecule has 0 spiro atoms. The van der Waals surface area contributed by atoms with Crippen molar-refractivity contribution < 1.29 is 0 Å². The summed E-state index contributed by atoms with van der Waals surface area (Å²) in [4.78, 5) is 0. The first-order valence-electron chi connectivity index (χ1n) is 5.85. The van der Waals surface area contributed by atoms with Crippen molar-refractivity contribution in [3.63, 3.8) is 0 Å². The maximum Gasteiger partial charge on any atom is 0.0568 e. The molecule has 0 bridgehead atoms. The molecule has 0 saturated carbocycles. The quantitative estimate of drug-likeness (QED) is 0.671. The summed E-state index contributed by atoms with van der Waals surface area (Å²) < 4.78 is 0. The summed E-state index contributed by atoms with van der Waals surface area (Å²) in [6.07, 6.45) is 7.57. The molecule has 0 aliphatic rings. The fourth-order valence-corrected chi connectivity index (χ4v) is 1.90. The highest BCUT2D eigenvalue weighted by Gasteiger charge is 1.93. The SMILES string of the molecule is C(=C\c1ccc2ccccc2c1)/c1ccnnc1. The van der Waals surface area contributed by atoms with Crippen molar-refractivity contribution >= 4 is 22.9 Å². The number of benzene rings is 2. The molecule has 3 rings (SSSR count). The zero-order valence-corrected chi connectivity index (χ0v) is 9.82. The van der Waals surface area contributed by atoms with Crippen LogP contribution in [0.4, 0.5) is 0 Å². The van der Waals surface area contributed by atoms with Gasteiger partial charge in [-0.1, -0.05) is 48.6 Å². The predicted molar refractivity (Wildman–Crippen MR) is 74.9 cm³/mol. The third-order valence-electron chi connectivity index (χ3n) is 2.85. The van der Waals surface area contributed by atoms with Crippen molar-refractivity contribution in [1.29, 1.82) is 0 Å². The van der Waals surface area contributed by atoms with Gasteiger partial charge in [-0.3, -0.25) is 0 Å². The Morgan fingerprint density at radius 1 is 0.722 bits per heavy atom. The molecule has 0 amide bonds. The predicted octanol–water partition coefficient (Wildman–Crippen LogP) is 3.80. The molecule has 0 fully saturated rings. The van der Waals surface area contributed by atoms with E-state index in [0.717, 1.165) is 5.56 Å². The lowest BCUT2D eigenvalue weighted by Crippen LogP contribution is -1.79. The molecular weight excluding hydrogens is 220 g/mol. The fraction of sp³-hybridized carbons (Fsp3) is 0. The minimum Gasteiger partial charge on any atom is -0.159 e. The lowest BCUT2D eigenvalue weighted by molar-refractivity contribution is 1.03. The summed E-state index contributed by atoms with van der Waals surface area (Å²) in [6, 6.07) is 16.7. The number of nitrogens with zero attached hydrogens (tertiary/aromatic N) is 2. The Labute approximate surface area is 106 Å². The normalized spacial score (nSPS) is 11.1. The van der Waals surface area contributed by atoms with Crippen LogP contribution in [0.5, 0.6) is 0 Å². The number of hydrogen-bond donors (Lipinski definition) is 0. The second-order valence-electron chi connectivity index (χ2n) is 4.12. The van der Waals surface area contributed by atoms with Gasteiger partial charge in [0.25, 0.3) is 0 Å². The van der Waals surface area contributed by atoms with Gasteiger partial charge >= 0.3 is 0 Å². The van der Waals surface area contributed by atoms with E-state index in [2.05, 4.69) is 58.7 Å². The zero-order valence-electron chi connectivity index (χ0n) is 9.82.